The third-order valence-corrected chi connectivity index (χ3v) is 2.77. The summed E-state index contributed by atoms with van der Waals surface area (Å²) in [5.74, 6) is -2.84. The van der Waals surface area contributed by atoms with Gasteiger partial charge in [0.2, 0.25) is 11.8 Å². The summed E-state index contributed by atoms with van der Waals surface area (Å²) < 4.78 is 26.1. The van der Waals surface area contributed by atoms with Crippen LogP contribution in [0.25, 0.3) is 0 Å². The maximum Gasteiger partial charge on any atom is 0.240 e. The van der Waals surface area contributed by atoms with E-state index in [1.165, 1.54) is 18.2 Å². The van der Waals surface area contributed by atoms with Gasteiger partial charge in [0.25, 0.3) is 0 Å². The number of aryl methyl sites for hydroxylation is 1. The summed E-state index contributed by atoms with van der Waals surface area (Å²) in [5.41, 5.74) is 0.640. The molecule has 1 aliphatic rings. The lowest BCUT2D eigenvalue weighted by Gasteiger charge is -2.15. The smallest absolute Gasteiger partial charge is 0.240 e. The third-order valence-electron chi connectivity index (χ3n) is 2.77. The monoisotopic (exact) mass is 239 g/mol. The largest absolute Gasteiger partial charge is 0.274 e. The molecule has 1 unspecified atom stereocenters. The van der Waals surface area contributed by atoms with E-state index in [1.807, 2.05) is 0 Å². The van der Waals surface area contributed by atoms with Crippen LogP contribution in [0, 0.1) is 18.7 Å². The predicted octanol–water partition coefficient (Wildman–Crippen LogP) is 1.98. The number of imide groups is 1. The topological polar surface area (TPSA) is 37.4 Å². The van der Waals surface area contributed by atoms with Crippen LogP contribution in [0.1, 0.15) is 12.0 Å². The highest BCUT2D eigenvalue weighted by Crippen LogP contribution is 2.29. The molecule has 2 rings (SSSR count). The first-order valence-electron chi connectivity index (χ1n) is 5.23. The SMILES string of the molecule is Cc1ccc(F)c(N2C(=O)CC(CF)C2=O)c1. The van der Waals surface area contributed by atoms with Gasteiger partial charge in [-0.2, -0.15) is 0 Å². The summed E-state index contributed by atoms with van der Waals surface area (Å²) >= 11 is 0. The highest BCUT2D eigenvalue weighted by atomic mass is 19.1. The molecule has 1 aromatic rings. The van der Waals surface area contributed by atoms with E-state index in [4.69, 9.17) is 0 Å². The number of benzene rings is 1. The van der Waals surface area contributed by atoms with Gasteiger partial charge >= 0.3 is 0 Å². The summed E-state index contributed by atoms with van der Waals surface area (Å²) in [6.07, 6.45) is -0.192. The van der Waals surface area contributed by atoms with Crippen LogP contribution in [0.2, 0.25) is 0 Å². The summed E-state index contributed by atoms with van der Waals surface area (Å²) in [7, 11) is 0. The van der Waals surface area contributed by atoms with Crippen molar-refractivity contribution in [2.24, 2.45) is 5.92 Å². The molecule has 3 nitrogen and oxygen atoms in total. The highest BCUT2D eigenvalue weighted by Gasteiger charge is 2.40. The van der Waals surface area contributed by atoms with Crippen LogP contribution < -0.4 is 4.90 Å². The molecule has 90 valence electrons. The van der Waals surface area contributed by atoms with Crippen molar-refractivity contribution >= 4 is 17.5 Å². The van der Waals surface area contributed by atoms with Gasteiger partial charge in [-0.1, -0.05) is 6.07 Å². The number of anilines is 1. The summed E-state index contributed by atoms with van der Waals surface area (Å²) in [5, 5.41) is 0. The van der Waals surface area contributed by atoms with Crippen LogP contribution in [-0.2, 0) is 9.59 Å². The van der Waals surface area contributed by atoms with Gasteiger partial charge in [0.15, 0.2) is 0 Å². The predicted molar refractivity (Wildman–Crippen MR) is 57.7 cm³/mol. The molecular formula is C12H11F2NO2. The van der Waals surface area contributed by atoms with Crippen molar-refractivity contribution < 1.29 is 18.4 Å². The van der Waals surface area contributed by atoms with Gasteiger partial charge in [-0.15, -0.1) is 0 Å². The molecule has 0 aromatic heterocycles. The van der Waals surface area contributed by atoms with E-state index in [-0.39, 0.29) is 12.1 Å². The van der Waals surface area contributed by atoms with Crippen LogP contribution in [-0.4, -0.2) is 18.5 Å². The van der Waals surface area contributed by atoms with Crippen LogP contribution in [0.5, 0.6) is 0 Å². The molecule has 1 atom stereocenters. The summed E-state index contributed by atoms with van der Waals surface area (Å²) in [6.45, 7) is 0.828. The fraction of sp³-hybridized carbons (Fsp3) is 0.333. The Morgan fingerprint density at radius 2 is 2.12 bits per heavy atom. The Morgan fingerprint density at radius 1 is 1.41 bits per heavy atom. The second-order valence-corrected chi connectivity index (χ2v) is 4.08. The molecule has 2 amide bonds. The minimum absolute atomic E-state index is 0.0871. The second kappa shape index (κ2) is 4.24. The zero-order valence-electron chi connectivity index (χ0n) is 9.24. The van der Waals surface area contributed by atoms with Crippen molar-refractivity contribution in [1.29, 1.82) is 0 Å². The Labute approximate surface area is 97.0 Å². The van der Waals surface area contributed by atoms with Gasteiger partial charge in [0.05, 0.1) is 11.6 Å². The number of alkyl halides is 1. The highest BCUT2D eigenvalue weighted by molar-refractivity contribution is 6.21. The zero-order chi connectivity index (χ0) is 12.6. The van der Waals surface area contributed by atoms with Crippen molar-refractivity contribution in [2.45, 2.75) is 13.3 Å². The molecule has 1 aliphatic heterocycles. The maximum absolute atomic E-state index is 13.6. The number of hydrogen-bond donors (Lipinski definition) is 0. The van der Waals surface area contributed by atoms with Crippen LogP contribution >= 0.6 is 0 Å². The number of rotatable bonds is 2. The normalized spacial score (nSPS) is 20.2. The summed E-state index contributed by atoms with van der Waals surface area (Å²) in [6, 6.07) is 4.14. The van der Waals surface area contributed by atoms with E-state index in [0.717, 1.165) is 10.5 Å². The Bertz CT molecular complexity index is 487. The van der Waals surface area contributed by atoms with Crippen LogP contribution in [0.15, 0.2) is 18.2 Å². The number of amides is 2. The Balaban J connectivity index is 2.43. The van der Waals surface area contributed by atoms with Gasteiger partial charge < -0.3 is 0 Å². The Kier molecular flexibility index (Phi) is 2.92. The van der Waals surface area contributed by atoms with E-state index >= 15 is 0 Å². The molecule has 1 fully saturated rings. The number of carbonyl (C=O) groups excluding carboxylic acids is 2. The zero-order valence-corrected chi connectivity index (χ0v) is 9.24. The standard InChI is InChI=1S/C12H11F2NO2/c1-7-2-3-9(14)10(4-7)15-11(16)5-8(6-13)12(15)17/h2-4,8H,5-6H2,1H3. The van der Waals surface area contributed by atoms with Crippen molar-refractivity contribution in [1.82, 2.24) is 0 Å². The van der Waals surface area contributed by atoms with E-state index in [2.05, 4.69) is 0 Å². The van der Waals surface area contributed by atoms with Crippen molar-refractivity contribution in [2.75, 3.05) is 11.6 Å². The van der Waals surface area contributed by atoms with Crippen molar-refractivity contribution in [3.8, 4) is 0 Å². The average molecular weight is 239 g/mol. The molecular weight excluding hydrogens is 228 g/mol. The van der Waals surface area contributed by atoms with Gasteiger partial charge in [0, 0.05) is 6.42 Å². The fourth-order valence-electron chi connectivity index (χ4n) is 1.86. The molecule has 0 saturated carbocycles. The minimum atomic E-state index is -0.970. The molecule has 1 aromatic carbocycles. The number of nitrogens with zero attached hydrogens (tertiary/aromatic N) is 1. The number of halogens is 2. The van der Waals surface area contributed by atoms with E-state index in [0.29, 0.717) is 0 Å². The van der Waals surface area contributed by atoms with Gasteiger partial charge in [-0.3, -0.25) is 14.0 Å². The molecule has 1 saturated heterocycles. The average Bonchev–Trinajstić information content (AvgIpc) is 2.58. The lowest BCUT2D eigenvalue weighted by Crippen LogP contribution is -2.31. The second-order valence-electron chi connectivity index (χ2n) is 4.08. The molecule has 5 heteroatoms. The molecule has 17 heavy (non-hydrogen) atoms. The van der Waals surface area contributed by atoms with Crippen molar-refractivity contribution in [3.63, 3.8) is 0 Å². The van der Waals surface area contributed by atoms with Crippen LogP contribution in [0.3, 0.4) is 0 Å². The van der Waals surface area contributed by atoms with E-state index in [9.17, 15) is 18.4 Å². The first-order chi connectivity index (χ1) is 8.04. The lowest BCUT2D eigenvalue weighted by molar-refractivity contribution is -0.122. The quantitative estimate of drug-likeness (QED) is 0.740. The third kappa shape index (κ3) is 1.92. The van der Waals surface area contributed by atoms with Gasteiger partial charge in [-0.25, -0.2) is 9.29 Å². The fourth-order valence-corrected chi connectivity index (χ4v) is 1.86. The Morgan fingerprint density at radius 3 is 2.71 bits per heavy atom. The van der Waals surface area contributed by atoms with Crippen molar-refractivity contribution in [3.05, 3.63) is 29.6 Å². The molecule has 0 spiro atoms. The molecule has 0 aliphatic carbocycles. The lowest BCUT2D eigenvalue weighted by atomic mass is 10.1. The maximum atomic E-state index is 13.6. The number of hydrogen-bond acceptors (Lipinski definition) is 2. The van der Waals surface area contributed by atoms with E-state index < -0.39 is 30.2 Å². The number of carbonyl (C=O) groups is 2. The summed E-state index contributed by atoms with van der Waals surface area (Å²) in [4.78, 5) is 24.0. The first kappa shape index (κ1) is 11.7. The molecule has 0 bridgehead atoms. The first-order valence-corrected chi connectivity index (χ1v) is 5.23. The van der Waals surface area contributed by atoms with Gasteiger partial charge in [0.1, 0.15) is 12.5 Å². The molecule has 0 radical (unpaired) electrons. The van der Waals surface area contributed by atoms with Gasteiger partial charge in [-0.05, 0) is 24.6 Å². The van der Waals surface area contributed by atoms with Crippen LogP contribution in [0.4, 0.5) is 14.5 Å². The molecule has 0 N–H and O–H groups in total. The molecule has 1 heterocycles. The minimum Gasteiger partial charge on any atom is -0.274 e. The Hall–Kier alpha value is -1.78. The van der Waals surface area contributed by atoms with E-state index in [1.54, 1.807) is 6.92 Å².